The van der Waals surface area contributed by atoms with Gasteiger partial charge in [0.15, 0.2) is 6.61 Å². The Bertz CT molecular complexity index is 900. The molecule has 3 rings (SSSR count). The minimum absolute atomic E-state index is 0.107. The third-order valence-corrected chi connectivity index (χ3v) is 3.38. The van der Waals surface area contributed by atoms with Gasteiger partial charge in [0.25, 0.3) is 5.89 Å². The van der Waals surface area contributed by atoms with Crippen LogP contribution in [0.15, 0.2) is 46.9 Å². The molecule has 0 aliphatic rings. The standard InChI is InChI=1S/C15H9ClFN3O4/c16-11-4-2-1-3-10(11)15-19-18-14(24-15)8-23-9-5-6-13(20(21)22)12(17)7-9/h1-7H,8H2. The van der Waals surface area contributed by atoms with Crippen molar-refractivity contribution in [3.05, 3.63) is 69.3 Å². The van der Waals surface area contributed by atoms with Gasteiger partial charge in [-0.3, -0.25) is 10.1 Å². The number of ether oxygens (including phenoxy) is 1. The largest absolute Gasteiger partial charge is 0.484 e. The first-order valence-corrected chi connectivity index (χ1v) is 7.06. The van der Waals surface area contributed by atoms with E-state index in [1.165, 1.54) is 6.07 Å². The molecule has 0 fully saturated rings. The summed E-state index contributed by atoms with van der Waals surface area (Å²) < 4.78 is 24.2. The average molecular weight is 350 g/mol. The van der Waals surface area contributed by atoms with Gasteiger partial charge in [-0.1, -0.05) is 23.7 Å². The van der Waals surface area contributed by atoms with Crippen LogP contribution in [-0.4, -0.2) is 15.1 Å². The molecule has 9 heteroatoms. The molecule has 0 amide bonds. The van der Waals surface area contributed by atoms with Crippen molar-refractivity contribution >= 4 is 17.3 Å². The first kappa shape index (κ1) is 15.9. The lowest BCUT2D eigenvalue weighted by Crippen LogP contribution is -1.98. The summed E-state index contributed by atoms with van der Waals surface area (Å²) in [4.78, 5) is 9.75. The zero-order valence-electron chi connectivity index (χ0n) is 12.0. The minimum atomic E-state index is -0.986. The van der Waals surface area contributed by atoms with Crippen LogP contribution in [0.1, 0.15) is 5.89 Å². The molecule has 3 aromatic rings. The summed E-state index contributed by atoms with van der Waals surface area (Å²) in [5.41, 5.74) is -0.0413. The van der Waals surface area contributed by atoms with E-state index < -0.39 is 16.4 Å². The maximum absolute atomic E-state index is 13.5. The molecule has 0 radical (unpaired) electrons. The number of rotatable bonds is 5. The number of hydrogen-bond acceptors (Lipinski definition) is 6. The van der Waals surface area contributed by atoms with Crippen LogP contribution in [0.3, 0.4) is 0 Å². The third-order valence-electron chi connectivity index (χ3n) is 3.05. The van der Waals surface area contributed by atoms with E-state index in [-0.39, 0.29) is 24.1 Å². The molecule has 24 heavy (non-hydrogen) atoms. The van der Waals surface area contributed by atoms with E-state index in [1.54, 1.807) is 24.3 Å². The smallest absolute Gasteiger partial charge is 0.305 e. The quantitative estimate of drug-likeness (QED) is 0.510. The van der Waals surface area contributed by atoms with Gasteiger partial charge in [-0.05, 0) is 18.2 Å². The fourth-order valence-corrected chi connectivity index (χ4v) is 2.14. The van der Waals surface area contributed by atoms with Crippen molar-refractivity contribution in [2.24, 2.45) is 0 Å². The number of nitro benzene ring substituents is 1. The number of nitrogens with zero attached hydrogens (tertiary/aromatic N) is 3. The van der Waals surface area contributed by atoms with E-state index in [1.807, 2.05) is 0 Å². The van der Waals surface area contributed by atoms with Gasteiger partial charge < -0.3 is 9.15 Å². The van der Waals surface area contributed by atoms with Gasteiger partial charge in [0, 0.05) is 12.1 Å². The Morgan fingerprint density at radius 1 is 1.25 bits per heavy atom. The molecule has 7 nitrogen and oxygen atoms in total. The molecule has 1 aromatic heterocycles. The highest BCUT2D eigenvalue weighted by molar-refractivity contribution is 6.33. The summed E-state index contributed by atoms with van der Waals surface area (Å²) in [6.07, 6.45) is 0. The second-order valence-electron chi connectivity index (χ2n) is 4.64. The zero-order chi connectivity index (χ0) is 17.1. The number of halogens is 2. The summed E-state index contributed by atoms with van der Waals surface area (Å²) >= 11 is 6.04. The predicted octanol–water partition coefficient (Wildman–Crippen LogP) is 4.02. The van der Waals surface area contributed by atoms with Crippen molar-refractivity contribution < 1.29 is 18.5 Å². The lowest BCUT2D eigenvalue weighted by Gasteiger charge is -2.03. The minimum Gasteiger partial charge on any atom is -0.484 e. The molecule has 0 unspecified atom stereocenters. The van der Waals surface area contributed by atoms with Crippen LogP contribution in [0, 0.1) is 15.9 Å². The second kappa shape index (κ2) is 6.63. The molecule has 0 aliphatic carbocycles. The Balaban J connectivity index is 1.71. The van der Waals surface area contributed by atoms with Crippen molar-refractivity contribution in [3.63, 3.8) is 0 Å². The molecule has 0 aliphatic heterocycles. The first-order valence-electron chi connectivity index (χ1n) is 6.68. The van der Waals surface area contributed by atoms with Gasteiger partial charge in [-0.15, -0.1) is 10.2 Å². The molecule has 0 saturated heterocycles. The van der Waals surface area contributed by atoms with Gasteiger partial charge >= 0.3 is 5.69 Å². The van der Waals surface area contributed by atoms with Crippen molar-refractivity contribution in [2.45, 2.75) is 6.61 Å². The highest BCUT2D eigenvalue weighted by Crippen LogP contribution is 2.27. The van der Waals surface area contributed by atoms with E-state index in [0.29, 0.717) is 10.6 Å². The number of hydrogen-bond donors (Lipinski definition) is 0. The fourth-order valence-electron chi connectivity index (χ4n) is 1.93. The van der Waals surface area contributed by atoms with E-state index in [2.05, 4.69) is 10.2 Å². The van der Waals surface area contributed by atoms with Gasteiger partial charge in [0.05, 0.1) is 15.5 Å². The molecule has 2 aromatic carbocycles. The van der Waals surface area contributed by atoms with E-state index in [9.17, 15) is 14.5 Å². The van der Waals surface area contributed by atoms with E-state index in [4.69, 9.17) is 20.8 Å². The maximum Gasteiger partial charge on any atom is 0.305 e. The lowest BCUT2D eigenvalue weighted by molar-refractivity contribution is -0.387. The number of aromatic nitrogens is 2. The normalized spacial score (nSPS) is 10.6. The van der Waals surface area contributed by atoms with Crippen LogP contribution in [0.2, 0.25) is 5.02 Å². The molecule has 0 bridgehead atoms. The molecule has 0 N–H and O–H groups in total. The van der Waals surface area contributed by atoms with Crippen LogP contribution in [0.25, 0.3) is 11.5 Å². The number of benzene rings is 2. The van der Waals surface area contributed by atoms with Gasteiger partial charge in [-0.25, -0.2) is 0 Å². The lowest BCUT2D eigenvalue weighted by atomic mass is 10.2. The third kappa shape index (κ3) is 3.33. The molecular weight excluding hydrogens is 341 g/mol. The monoisotopic (exact) mass is 349 g/mol. The Labute approximate surface area is 139 Å². The van der Waals surface area contributed by atoms with Gasteiger partial charge in [0.1, 0.15) is 5.75 Å². The van der Waals surface area contributed by atoms with Gasteiger partial charge in [0.2, 0.25) is 11.7 Å². The second-order valence-corrected chi connectivity index (χ2v) is 5.05. The highest BCUT2D eigenvalue weighted by Gasteiger charge is 2.15. The highest BCUT2D eigenvalue weighted by atomic mass is 35.5. The number of nitro groups is 1. The summed E-state index contributed by atoms with van der Waals surface area (Å²) in [7, 11) is 0. The SMILES string of the molecule is O=[N+]([O-])c1ccc(OCc2nnc(-c3ccccc3Cl)o2)cc1F. The molecular formula is C15H9ClFN3O4. The summed E-state index contributed by atoms with van der Waals surface area (Å²) in [5, 5.41) is 18.7. The van der Waals surface area contributed by atoms with E-state index >= 15 is 0 Å². The Kier molecular flexibility index (Phi) is 4.39. The molecule has 0 atom stereocenters. The summed E-state index contributed by atoms with van der Waals surface area (Å²) in [5.74, 6) is -0.492. The maximum atomic E-state index is 13.5. The van der Waals surface area contributed by atoms with Crippen molar-refractivity contribution in [3.8, 4) is 17.2 Å². The molecule has 0 saturated carbocycles. The molecule has 1 heterocycles. The first-order chi connectivity index (χ1) is 11.5. The van der Waals surface area contributed by atoms with Crippen LogP contribution in [-0.2, 0) is 6.61 Å². The van der Waals surface area contributed by atoms with Crippen molar-refractivity contribution in [2.75, 3.05) is 0 Å². The molecule has 0 spiro atoms. The molecule has 122 valence electrons. The van der Waals surface area contributed by atoms with Crippen LogP contribution in [0.4, 0.5) is 10.1 Å². The Morgan fingerprint density at radius 3 is 2.75 bits per heavy atom. The van der Waals surface area contributed by atoms with Crippen molar-refractivity contribution in [1.82, 2.24) is 10.2 Å². The Morgan fingerprint density at radius 2 is 2.04 bits per heavy atom. The van der Waals surface area contributed by atoms with Crippen LogP contribution >= 0.6 is 11.6 Å². The van der Waals surface area contributed by atoms with Crippen LogP contribution < -0.4 is 4.74 Å². The fraction of sp³-hybridized carbons (Fsp3) is 0.0667. The van der Waals surface area contributed by atoms with Crippen LogP contribution in [0.5, 0.6) is 5.75 Å². The zero-order valence-corrected chi connectivity index (χ0v) is 12.7. The van der Waals surface area contributed by atoms with Gasteiger partial charge in [-0.2, -0.15) is 4.39 Å². The average Bonchev–Trinajstić information content (AvgIpc) is 3.02. The van der Waals surface area contributed by atoms with E-state index in [0.717, 1.165) is 12.1 Å². The van der Waals surface area contributed by atoms with Crippen molar-refractivity contribution in [1.29, 1.82) is 0 Å². The topological polar surface area (TPSA) is 91.3 Å². The Hall–Kier alpha value is -3.00. The summed E-state index contributed by atoms with van der Waals surface area (Å²) in [6.45, 7) is -0.116. The summed E-state index contributed by atoms with van der Waals surface area (Å²) in [6, 6.07) is 10.2. The predicted molar refractivity (Wildman–Crippen MR) is 82.1 cm³/mol.